The van der Waals surface area contributed by atoms with E-state index in [4.69, 9.17) is 11.6 Å². The van der Waals surface area contributed by atoms with Crippen LogP contribution in [0.3, 0.4) is 0 Å². The number of piperazine rings is 1. The highest BCUT2D eigenvalue weighted by Crippen LogP contribution is 2.22. The zero-order valence-electron chi connectivity index (χ0n) is 17.7. The van der Waals surface area contributed by atoms with Gasteiger partial charge in [-0.3, -0.25) is 4.79 Å². The maximum absolute atomic E-state index is 12.9. The summed E-state index contributed by atoms with van der Waals surface area (Å²) in [6, 6.07) is 14.6. The van der Waals surface area contributed by atoms with E-state index >= 15 is 0 Å². The minimum Gasteiger partial charge on any atom is -0.369 e. The third kappa shape index (κ3) is 5.03. The molecule has 0 radical (unpaired) electrons. The third-order valence-electron chi connectivity index (χ3n) is 5.50. The van der Waals surface area contributed by atoms with Gasteiger partial charge in [-0.05, 0) is 67.2 Å². The molecule has 1 N–H and O–H groups in total. The van der Waals surface area contributed by atoms with Crippen molar-refractivity contribution in [3.63, 3.8) is 0 Å². The number of anilines is 2. The molecule has 1 aliphatic rings. The number of halogens is 1. The van der Waals surface area contributed by atoms with Crippen molar-refractivity contribution in [2.75, 3.05) is 43.4 Å². The third-order valence-corrected chi connectivity index (χ3v) is 5.75. The predicted octanol–water partition coefficient (Wildman–Crippen LogP) is 3.34. The van der Waals surface area contributed by atoms with Crippen LogP contribution in [0.5, 0.6) is 0 Å². The lowest BCUT2D eigenvalue weighted by molar-refractivity contribution is -0.119. The number of hydrogen-bond acceptors (Lipinski definition) is 6. The van der Waals surface area contributed by atoms with Gasteiger partial charge in [0.1, 0.15) is 0 Å². The van der Waals surface area contributed by atoms with Crippen molar-refractivity contribution in [2.24, 2.45) is 0 Å². The Kier molecular flexibility index (Phi) is 6.48. The van der Waals surface area contributed by atoms with E-state index < -0.39 is 6.04 Å². The van der Waals surface area contributed by atoms with Crippen molar-refractivity contribution in [3.8, 4) is 11.4 Å². The molecule has 1 fully saturated rings. The number of hydrogen-bond donors (Lipinski definition) is 1. The van der Waals surface area contributed by atoms with Crippen LogP contribution in [-0.2, 0) is 4.79 Å². The highest BCUT2D eigenvalue weighted by atomic mass is 35.5. The summed E-state index contributed by atoms with van der Waals surface area (Å²) in [5.74, 6) is 0.286. The van der Waals surface area contributed by atoms with Crippen LogP contribution in [0.4, 0.5) is 11.4 Å². The van der Waals surface area contributed by atoms with E-state index in [-0.39, 0.29) is 5.91 Å². The van der Waals surface area contributed by atoms with E-state index in [0.29, 0.717) is 17.3 Å². The lowest BCUT2D eigenvalue weighted by Crippen LogP contribution is -2.44. The molecule has 1 atom stereocenters. The van der Waals surface area contributed by atoms with E-state index in [2.05, 4.69) is 37.6 Å². The van der Waals surface area contributed by atoms with Gasteiger partial charge in [0.15, 0.2) is 6.04 Å². The van der Waals surface area contributed by atoms with Gasteiger partial charge >= 0.3 is 0 Å². The Morgan fingerprint density at radius 3 is 2.39 bits per heavy atom. The topological polar surface area (TPSA) is 79.2 Å². The molecule has 1 saturated heterocycles. The molecule has 0 bridgehead atoms. The van der Waals surface area contributed by atoms with Crippen molar-refractivity contribution >= 4 is 28.9 Å². The molecule has 1 amide bonds. The van der Waals surface area contributed by atoms with Gasteiger partial charge in [0.05, 0.1) is 0 Å². The summed E-state index contributed by atoms with van der Waals surface area (Å²) in [5.41, 5.74) is 2.72. The van der Waals surface area contributed by atoms with Crippen LogP contribution in [0.15, 0.2) is 48.5 Å². The Balaban J connectivity index is 1.42. The number of benzene rings is 2. The average Bonchev–Trinajstić information content (AvgIpc) is 3.26. The van der Waals surface area contributed by atoms with Gasteiger partial charge in [-0.1, -0.05) is 18.5 Å². The Labute approximate surface area is 186 Å². The molecule has 2 aromatic carbocycles. The number of rotatable bonds is 6. The zero-order valence-corrected chi connectivity index (χ0v) is 18.5. The van der Waals surface area contributed by atoms with Gasteiger partial charge in [-0.2, -0.15) is 4.80 Å². The van der Waals surface area contributed by atoms with Crippen LogP contribution in [0.1, 0.15) is 19.4 Å². The summed E-state index contributed by atoms with van der Waals surface area (Å²) in [6.07, 6.45) is 0.543. The molecule has 4 rings (SSSR count). The standard InChI is InChI=1S/C22H26ClN7O/c1-3-20(30-26-21(25-27-30)16-4-6-17(23)7-5-16)22(31)24-18-8-10-19(11-9-18)29-14-12-28(2)13-15-29/h4-11,20H,3,12-15H2,1-2H3,(H,24,31). The van der Waals surface area contributed by atoms with Crippen LogP contribution in [0.2, 0.25) is 5.02 Å². The summed E-state index contributed by atoms with van der Waals surface area (Å²) in [6.45, 7) is 6.05. The Morgan fingerprint density at radius 1 is 1.06 bits per heavy atom. The lowest BCUT2D eigenvalue weighted by Gasteiger charge is -2.34. The first kappa shape index (κ1) is 21.3. The van der Waals surface area contributed by atoms with Gasteiger partial charge in [0, 0.05) is 48.1 Å². The van der Waals surface area contributed by atoms with Crippen molar-refractivity contribution in [2.45, 2.75) is 19.4 Å². The molecule has 0 spiro atoms. The number of tetrazole rings is 1. The Hall–Kier alpha value is -2.97. The molecule has 1 aromatic heterocycles. The number of nitrogens with one attached hydrogen (secondary N) is 1. The van der Waals surface area contributed by atoms with E-state index in [0.717, 1.165) is 37.4 Å². The normalized spacial score (nSPS) is 15.6. The molecule has 162 valence electrons. The fourth-order valence-electron chi connectivity index (χ4n) is 3.57. The Morgan fingerprint density at radius 2 is 1.74 bits per heavy atom. The fraction of sp³-hybridized carbons (Fsp3) is 0.364. The van der Waals surface area contributed by atoms with E-state index in [9.17, 15) is 4.79 Å². The van der Waals surface area contributed by atoms with Crippen molar-refractivity contribution in [3.05, 3.63) is 53.6 Å². The van der Waals surface area contributed by atoms with Gasteiger partial charge < -0.3 is 15.1 Å². The molecule has 9 heteroatoms. The monoisotopic (exact) mass is 439 g/mol. The molecule has 31 heavy (non-hydrogen) atoms. The van der Waals surface area contributed by atoms with Crippen LogP contribution in [-0.4, -0.2) is 64.2 Å². The van der Waals surface area contributed by atoms with Gasteiger partial charge in [0.25, 0.3) is 5.91 Å². The number of likely N-dealkylation sites (N-methyl/N-ethyl adjacent to an activating group) is 1. The largest absolute Gasteiger partial charge is 0.369 e. The molecular formula is C22H26ClN7O. The van der Waals surface area contributed by atoms with E-state index in [1.54, 1.807) is 12.1 Å². The molecule has 1 aliphatic heterocycles. The minimum atomic E-state index is -0.550. The number of carbonyl (C=O) groups excluding carboxylic acids is 1. The second kappa shape index (κ2) is 9.45. The summed E-state index contributed by atoms with van der Waals surface area (Å²) in [7, 11) is 2.14. The molecular weight excluding hydrogens is 414 g/mol. The average molecular weight is 440 g/mol. The van der Waals surface area contributed by atoms with E-state index in [1.165, 1.54) is 10.5 Å². The second-order valence-electron chi connectivity index (χ2n) is 7.69. The number of aromatic nitrogens is 4. The first-order chi connectivity index (χ1) is 15.0. The summed E-state index contributed by atoms with van der Waals surface area (Å²) < 4.78 is 0. The smallest absolute Gasteiger partial charge is 0.251 e. The van der Waals surface area contributed by atoms with Crippen LogP contribution >= 0.6 is 11.6 Å². The maximum Gasteiger partial charge on any atom is 0.251 e. The first-order valence-electron chi connectivity index (χ1n) is 10.4. The molecule has 0 aliphatic carbocycles. The Bertz CT molecular complexity index is 1010. The zero-order chi connectivity index (χ0) is 21.8. The van der Waals surface area contributed by atoms with Crippen LogP contribution in [0.25, 0.3) is 11.4 Å². The number of carbonyl (C=O) groups is 1. The van der Waals surface area contributed by atoms with Gasteiger partial charge in [-0.25, -0.2) is 0 Å². The summed E-state index contributed by atoms with van der Waals surface area (Å²) in [5, 5.41) is 16.2. The van der Waals surface area contributed by atoms with Crippen molar-refractivity contribution in [1.29, 1.82) is 0 Å². The number of nitrogens with zero attached hydrogens (tertiary/aromatic N) is 6. The van der Waals surface area contributed by atoms with Crippen molar-refractivity contribution in [1.82, 2.24) is 25.1 Å². The van der Waals surface area contributed by atoms with Gasteiger partial charge in [-0.15, -0.1) is 10.2 Å². The molecule has 3 aromatic rings. The van der Waals surface area contributed by atoms with Crippen molar-refractivity contribution < 1.29 is 4.79 Å². The van der Waals surface area contributed by atoms with E-state index in [1.807, 2.05) is 43.3 Å². The predicted molar refractivity (Wildman–Crippen MR) is 122 cm³/mol. The quantitative estimate of drug-likeness (QED) is 0.634. The molecule has 0 saturated carbocycles. The highest BCUT2D eigenvalue weighted by molar-refractivity contribution is 6.30. The number of amides is 1. The summed E-state index contributed by atoms with van der Waals surface area (Å²) >= 11 is 5.94. The summed E-state index contributed by atoms with van der Waals surface area (Å²) in [4.78, 5) is 18.9. The van der Waals surface area contributed by atoms with Gasteiger partial charge in [0.2, 0.25) is 5.82 Å². The highest BCUT2D eigenvalue weighted by Gasteiger charge is 2.22. The van der Waals surface area contributed by atoms with Crippen LogP contribution < -0.4 is 10.2 Å². The first-order valence-corrected chi connectivity index (χ1v) is 10.8. The maximum atomic E-state index is 12.9. The minimum absolute atomic E-state index is 0.171. The SMILES string of the molecule is CCC(C(=O)Nc1ccc(N2CCN(C)CC2)cc1)n1nnc(-c2ccc(Cl)cc2)n1. The molecule has 2 heterocycles. The molecule has 8 nitrogen and oxygen atoms in total. The lowest BCUT2D eigenvalue weighted by atomic mass is 10.2. The second-order valence-corrected chi connectivity index (χ2v) is 8.13. The van der Waals surface area contributed by atoms with Crippen LogP contribution in [0, 0.1) is 0 Å². The fourth-order valence-corrected chi connectivity index (χ4v) is 3.70. The molecule has 1 unspecified atom stereocenters.